The minimum absolute atomic E-state index is 0.0991. The summed E-state index contributed by atoms with van der Waals surface area (Å²) in [7, 11) is 0. The highest BCUT2D eigenvalue weighted by Crippen LogP contribution is 2.05. The van der Waals surface area contributed by atoms with Gasteiger partial charge in [-0.1, -0.05) is 12.2 Å². The highest BCUT2D eigenvalue weighted by Gasteiger charge is 2.05. The van der Waals surface area contributed by atoms with Crippen LogP contribution in [0.5, 0.6) is 0 Å². The van der Waals surface area contributed by atoms with E-state index in [-0.39, 0.29) is 12.1 Å². The summed E-state index contributed by atoms with van der Waals surface area (Å²) >= 11 is 0. The molecule has 2 nitrogen and oxygen atoms in total. The van der Waals surface area contributed by atoms with Crippen LogP contribution in [0.3, 0.4) is 0 Å². The second kappa shape index (κ2) is 4.72. The van der Waals surface area contributed by atoms with E-state index in [1.54, 1.807) is 0 Å². The normalized spacial score (nSPS) is 11.8. The van der Waals surface area contributed by atoms with Gasteiger partial charge in [0, 0.05) is 12.5 Å². The lowest BCUT2D eigenvalue weighted by Crippen LogP contribution is -2.12. The van der Waals surface area contributed by atoms with Crippen LogP contribution in [0.2, 0.25) is 0 Å². The smallest absolute Gasteiger partial charge is 0.330 e. The maximum absolute atomic E-state index is 10.6. The number of esters is 1. The Labute approximate surface area is 67.6 Å². The number of carbonyl (C=O) groups is 1. The second-order valence-corrected chi connectivity index (χ2v) is 2.61. The summed E-state index contributed by atoms with van der Waals surface area (Å²) < 4.78 is 4.89. The SMILES string of the molecule is C=CC(=O)OC(C)CC(=C)C. The molecule has 0 aliphatic rings. The van der Waals surface area contributed by atoms with E-state index < -0.39 is 0 Å². The van der Waals surface area contributed by atoms with Gasteiger partial charge in [0.25, 0.3) is 0 Å². The first-order valence-electron chi connectivity index (χ1n) is 3.53. The van der Waals surface area contributed by atoms with Crippen LogP contribution in [0.15, 0.2) is 24.8 Å². The van der Waals surface area contributed by atoms with E-state index in [9.17, 15) is 4.79 Å². The number of carbonyl (C=O) groups excluding carboxylic acids is 1. The third-order valence-electron chi connectivity index (χ3n) is 1.12. The topological polar surface area (TPSA) is 26.3 Å². The molecule has 0 aromatic rings. The summed E-state index contributed by atoms with van der Waals surface area (Å²) in [4.78, 5) is 10.6. The molecule has 0 heterocycles. The van der Waals surface area contributed by atoms with E-state index >= 15 is 0 Å². The van der Waals surface area contributed by atoms with Crippen molar-refractivity contribution >= 4 is 5.97 Å². The van der Waals surface area contributed by atoms with Gasteiger partial charge < -0.3 is 4.74 Å². The van der Waals surface area contributed by atoms with E-state index in [2.05, 4.69) is 13.2 Å². The highest BCUT2D eigenvalue weighted by molar-refractivity contribution is 5.81. The zero-order chi connectivity index (χ0) is 8.85. The largest absolute Gasteiger partial charge is 0.459 e. The van der Waals surface area contributed by atoms with E-state index in [1.165, 1.54) is 0 Å². The van der Waals surface area contributed by atoms with Crippen LogP contribution in [0.1, 0.15) is 20.3 Å². The van der Waals surface area contributed by atoms with Crippen molar-refractivity contribution in [2.75, 3.05) is 0 Å². The quantitative estimate of drug-likeness (QED) is 0.352. The molecule has 0 saturated carbocycles. The Morgan fingerprint density at radius 1 is 1.73 bits per heavy atom. The van der Waals surface area contributed by atoms with Crippen LogP contribution in [-0.2, 0) is 9.53 Å². The van der Waals surface area contributed by atoms with Crippen molar-refractivity contribution in [3.05, 3.63) is 24.8 Å². The van der Waals surface area contributed by atoms with Crippen molar-refractivity contribution in [2.24, 2.45) is 0 Å². The molecule has 62 valence electrons. The molecule has 0 aliphatic heterocycles. The molecule has 0 rings (SSSR count). The van der Waals surface area contributed by atoms with Gasteiger partial charge >= 0.3 is 5.97 Å². The van der Waals surface area contributed by atoms with Gasteiger partial charge in [-0.05, 0) is 13.8 Å². The second-order valence-electron chi connectivity index (χ2n) is 2.61. The molecule has 0 fully saturated rings. The molecule has 0 N–H and O–H groups in total. The number of rotatable bonds is 4. The average Bonchev–Trinajstić information content (AvgIpc) is 1.85. The fraction of sp³-hybridized carbons (Fsp3) is 0.444. The van der Waals surface area contributed by atoms with E-state index in [0.717, 1.165) is 11.6 Å². The summed E-state index contributed by atoms with van der Waals surface area (Å²) in [5.74, 6) is -0.376. The van der Waals surface area contributed by atoms with Crippen LogP contribution in [0.4, 0.5) is 0 Å². The maximum Gasteiger partial charge on any atom is 0.330 e. The summed E-state index contributed by atoms with van der Waals surface area (Å²) in [6.45, 7) is 10.7. The van der Waals surface area contributed by atoms with Crippen molar-refractivity contribution < 1.29 is 9.53 Å². The summed E-state index contributed by atoms with van der Waals surface area (Å²) in [6, 6.07) is 0. The molecular weight excluding hydrogens is 140 g/mol. The summed E-state index contributed by atoms with van der Waals surface area (Å²) in [5, 5.41) is 0. The van der Waals surface area contributed by atoms with Crippen molar-refractivity contribution in [1.29, 1.82) is 0 Å². The third kappa shape index (κ3) is 5.40. The maximum atomic E-state index is 10.6. The van der Waals surface area contributed by atoms with Crippen LogP contribution in [0, 0.1) is 0 Å². The first-order chi connectivity index (χ1) is 5.06. The van der Waals surface area contributed by atoms with Gasteiger partial charge in [-0.25, -0.2) is 4.79 Å². The molecular formula is C9H14O2. The van der Waals surface area contributed by atoms with Crippen molar-refractivity contribution in [2.45, 2.75) is 26.4 Å². The molecule has 1 unspecified atom stereocenters. The minimum atomic E-state index is -0.376. The van der Waals surface area contributed by atoms with E-state index in [1.807, 2.05) is 13.8 Å². The highest BCUT2D eigenvalue weighted by atomic mass is 16.5. The number of hydrogen-bond donors (Lipinski definition) is 0. The predicted molar refractivity (Wildman–Crippen MR) is 45.2 cm³/mol. The predicted octanol–water partition coefficient (Wildman–Crippen LogP) is 2.07. The summed E-state index contributed by atoms with van der Waals surface area (Å²) in [6.07, 6.45) is 1.77. The molecule has 0 spiro atoms. The van der Waals surface area contributed by atoms with Gasteiger partial charge in [-0.2, -0.15) is 0 Å². The lowest BCUT2D eigenvalue weighted by molar-refractivity contribution is -0.142. The average molecular weight is 154 g/mol. The van der Waals surface area contributed by atoms with Crippen LogP contribution >= 0.6 is 0 Å². The monoisotopic (exact) mass is 154 g/mol. The first-order valence-corrected chi connectivity index (χ1v) is 3.53. The van der Waals surface area contributed by atoms with Gasteiger partial charge in [0.2, 0.25) is 0 Å². The van der Waals surface area contributed by atoms with Crippen molar-refractivity contribution in [3.8, 4) is 0 Å². The zero-order valence-corrected chi connectivity index (χ0v) is 7.09. The molecule has 0 aromatic carbocycles. The Balaban J connectivity index is 3.68. The Morgan fingerprint density at radius 3 is 2.64 bits per heavy atom. The van der Waals surface area contributed by atoms with Gasteiger partial charge in [-0.15, -0.1) is 6.58 Å². The molecule has 0 amide bonds. The molecule has 0 saturated heterocycles. The standard InChI is InChI=1S/C9H14O2/c1-5-9(10)11-8(4)6-7(2)3/h5,8H,1-2,6H2,3-4H3. The summed E-state index contributed by atoms with van der Waals surface area (Å²) in [5.41, 5.74) is 1.01. The Hall–Kier alpha value is -1.05. The molecule has 0 aliphatic carbocycles. The van der Waals surface area contributed by atoms with E-state index in [4.69, 9.17) is 4.74 Å². The van der Waals surface area contributed by atoms with Crippen LogP contribution in [0.25, 0.3) is 0 Å². The van der Waals surface area contributed by atoms with Crippen molar-refractivity contribution in [3.63, 3.8) is 0 Å². The molecule has 0 radical (unpaired) electrons. The van der Waals surface area contributed by atoms with Crippen LogP contribution in [-0.4, -0.2) is 12.1 Å². The minimum Gasteiger partial charge on any atom is -0.459 e. The van der Waals surface area contributed by atoms with E-state index in [0.29, 0.717) is 6.42 Å². The van der Waals surface area contributed by atoms with Crippen LogP contribution < -0.4 is 0 Å². The number of hydrogen-bond acceptors (Lipinski definition) is 2. The van der Waals surface area contributed by atoms with Gasteiger partial charge in [0.1, 0.15) is 6.10 Å². The van der Waals surface area contributed by atoms with Gasteiger partial charge in [0.05, 0.1) is 0 Å². The third-order valence-corrected chi connectivity index (χ3v) is 1.12. The van der Waals surface area contributed by atoms with Crippen molar-refractivity contribution in [1.82, 2.24) is 0 Å². The Kier molecular flexibility index (Phi) is 4.27. The van der Waals surface area contributed by atoms with Gasteiger partial charge in [0.15, 0.2) is 0 Å². The lowest BCUT2D eigenvalue weighted by Gasteiger charge is -2.10. The fourth-order valence-corrected chi connectivity index (χ4v) is 0.779. The Morgan fingerprint density at radius 2 is 2.27 bits per heavy atom. The first kappa shape index (κ1) is 9.95. The lowest BCUT2D eigenvalue weighted by atomic mass is 10.2. The molecule has 0 bridgehead atoms. The zero-order valence-electron chi connectivity index (χ0n) is 7.09. The number of ether oxygens (including phenoxy) is 1. The fourth-order valence-electron chi connectivity index (χ4n) is 0.779. The Bertz CT molecular complexity index is 170. The molecule has 11 heavy (non-hydrogen) atoms. The van der Waals surface area contributed by atoms with Gasteiger partial charge in [-0.3, -0.25) is 0 Å². The molecule has 1 atom stereocenters. The molecule has 0 aromatic heterocycles. The molecule has 2 heteroatoms.